The van der Waals surface area contributed by atoms with Crippen molar-refractivity contribution in [2.75, 3.05) is 7.05 Å². The van der Waals surface area contributed by atoms with Gasteiger partial charge in [-0.1, -0.05) is 26.2 Å². The summed E-state index contributed by atoms with van der Waals surface area (Å²) in [5.41, 5.74) is -0.505. The minimum absolute atomic E-state index is 0.117. The Hall–Kier alpha value is -1.34. The van der Waals surface area contributed by atoms with Crippen molar-refractivity contribution >= 4 is 43.6 Å². The Morgan fingerprint density at radius 2 is 1.92 bits per heavy atom. The number of benzene rings is 1. The topological polar surface area (TPSA) is 66.8 Å². The SMILES string of the molecule is CCCCCCc1c(O)ccc2c1OC1(C2=O)C(Br)=C(Br)C(=O)N1C. The summed E-state index contributed by atoms with van der Waals surface area (Å²) < 4.78 is 6.68. The molecule has 2 aliphatic rings. The summed E-state index contributed by atoms with van der Waals surface area (Å²) in [5, 5.41) is 10.3. The van der Waals surface area contributed by atoms with E-state index in [0.717, 1.165) is 25.7 Å². The number of aromatic hydroxyl groups is 1. The number of carbonyl (C=O) groups is 2. The first-order chi connectivity index (χ1) is 11.9. The molecule has 1 aromatic rings. The lowest BCUT2D eigenvalue weighted by atomic mass is 9.98. The first kappa shape index (κ1) is 18.5. The molecule has 0 aromatic heterocycles. The zero-order valence-electron chi connectivity index (χ0n) is 14.1. The Kier molecular flexibility index (Phi) is 4.99. The number of phenols is 1. The normalized spacial score (nSPS) is 22.2. The average Bonchev–Trinajstić information content (AvgIpc) is 2.98. The van der Waals surface area contributed by atoms with Crippen LogP contribution in [0.15, 0.2) is 21.1 Å². The fraction of sp³-hybridized carbons (Fsp3) is 0.444. The number of Topliss-reactive ketones (excluding diaryl/α,β-unsaturated/α-hetero) is 1. The van der Waals surface area contributed by atoms with Crippen LogP contribution in [-0.4, -0.2) is 34.5 Å². The maximum atomic E-state index is 13.1. The van der Waals surface area contributed by atoms with Crippen molar-refractivity contribution < 1.29 is 19.4 Å². The fourth-order valence-corrected chi connectivity index (χ4v) is 4.54. The second kappa shape index (κ2) is 6.76. The molecule has 2 heterocycles. The van der Waals surface area contributed by atoms with Crippen LogP contribution in [-0.2, 0) is 11.2 Å². The largest absolute Gasteiger partial charge is 0.508 e. The van der Waals surface area contributed by atoms with Crippen molar-refractivity contribution in [3.05, 3.63) is 32.2 Å². The maximum Gasteiger partial charge on any atom is 0.283 e. The van der Waals surface area contributed by atoms with Crippen molar-refractivity contribution in [1.82, 2.24) is 4.90 Å². The number of ether oxygens (including phenoxy) is 1. The lowest BCUT2D eigenvalue weighted by molar-refractivity contribution is -0.131. The molecule has 25 heavy (non-hydrogen) atoms. The van der Waals surface area contributed by atoms with E-state index in [-0.39, 0.29) is 21.9 Å². The summed E-state index contributed by atoms with van der Waals surface area (Å²) in [4.78, 5) is 26.6. The van der Waals surface area contributed by atoms with Crippen LogP contribution >= 0.6 is 31.9 Å². The number of carbonyl (C=O) groups excluding carboxylic acids is 2. The molecule has 1 atom stereocenters. The van der Waals surface area contributed by atoms with Gasteiger partial charge in [0, 0.05) is 12.6 Å². The van der Waals surface area contributed by atoms with Gasteiger partial charge in [0.2, 0.25) is 5.78 Å². The molecule has 0 fully saturated rings. The number of unbranched alkanes of at least 4 members (excludes halogenated alkanes) is 3. The van der Waals surface area contributed by atoms with Crippen LogP contribution in [0.25, 0.3) is 0 Å². The van der Waals surface area contributed by atoms with Crippen molar-refractivity contribution in [2.45, 2.75) is 44.8 Å². The standard InChI is InChI=1S/C18H19Br2NO4/c1-3-4-5-6-7-10-12(22)9-8-11-14(10)25-18(16(11)23)15(20)13(19)17(24)21(18)2/h8-9,22H,3-7H2,1-2H3. The summed E-state index contributed by atoms with van der Waals surface area (Å²) in [6, 6.07) is 3.08. The zero-order valence-corrected chi connectivity index (χ0v) is 17.2. The van der Waals surface area contributed by atoms with E-state index >= 15 is 0 Å². The van der Waals surface area contributed by atoms with Gasteiger partial charge in [-0.05, 0) is 56.8 Å². The van der Waals surface area contributed by atoms with Gasteiger partial charge in [-0.25, -0.2) is 0 Å². The number of amides is 1. The molecular formula is C18H19Br2NO4. The second-order valence-corrected chi connectivity index (χ2v) is 7.90. The zero-order chi connectivity index (χ0) is 18.4. The summed E-state index contributed by atoms with van der Waals surface area (Å²) in [7, 11) is 1.53. The molecule has 0 aliphatic carbocycles. The predicted molar refractivity (Wildman–Crippen MR) is 101 cm³/mol. The summed E-state index contributed by atoms with van der Waals surface area (Å²) >= 11 is 6.56. The molecule has 1 amide bonds. The van der Waals surface area contributed by atoms with Gasteiger partial charge in [0.1, 0.15) is 11.5 Å². The molecule has 134 valence electrons. The van der Waals surface area contributed by atoms with E-state index in [9.17, 15) is 14.7 Å². The number of nitrogens with zero attached hydrogens (tertiary/aromatic N) is 1. The van der Waals surface area contributed by atoms with Gasteiger partial charge in [0.05, 0.1) is 14.5 Å². The van der Waals surface area contributed by atoms with E-state index in [2.05, 4.69) is 38.8 Å². The maximum absolute atomic E-state index is 13.1. The lowest BCUT2D eigenvalue weighted by Crippen LogP contribution is -2.53. The van der Waals surface area contributed by atoms with Crippen molar-refractivity contribution in [2.24, 2.45) is 0 Å². The fourth-order valence-electron chi connectivity index (χ4n) is 3.30. The van der Waals surface area contributed by atoms with E-state index in [1.165, 1.54) is 18.0 Å². The van der Waals surface area contributed by atoms with Gasteiger partial charge in [-0.3, -0.25) is 14.5 Å². The molecule has 1 spiro atoms. The highest BCUT2D eigenvalue weighted by Gasteiger charge is 2.61. The Morgan fingerprint density at radius 3 is 2.52 bits per heavy atom. The second-order valence-electron chi connectivity index (χ2n) is 6.32. The van der Waals surface area contributed by atoms with E-state index in [1.807, 2.05) is 0 Å². The van der Waals surface area contributed by atoms with Crippen molar-refractivity contribution in [3.63, 3.8) is 0 Å². The van der Waals surface area contributed by atoms with Crippen LogP contribution in [0.1, 0.15) is 48.5 Å². The van der Waals surface area contributed by atoms with Gasteiger partial charge in [-0.15, -0.1) is 0 Å². The van der Waals surface area contributed by atoms with Crippen LogP contribution in [0.5, 0.6) is 11.5 Å². The number of ketones is 1. The first-order valence-electron chi connectivity index (χ1n) is 8.28. The Bertz CT molecular complexity index is 790. The molecule has 3 rings (SSSR count). The van der Waals surface area contributed by atoms with Crippen LogP contribution in [0.4, 0.5) is 0 Å². The van der Waals surface area contributed by atoms with Gasteiger partial charge >= 0.3 is 0 Å². The van der Waals surface area contributed by atoms with Crippen LogP contribution in [0, 0.1) is 0 Å². The number of likely N-dealkylation sites (N-methyl/N-ethyl adjacent to an activating group) is 1. The molecule has 2 aliphatic heterocycles. The van der Waals surface area contributed by atoms with Gasteiger partial charge < -0.3 is 9.84 Å². The first-order valence-corrected chi connectivity index (χ1v) is 9.87. The van der Waals surface area contributed by atoms with Gasteiger partial charge in [0.15, 0.2) is 0 Å². The minimum Gasteiger partial charge on any atom is -0.508 e. The number of halogens is 2. The molecule has 0 saturated carbocycles. The third-order valence-corrected chi connectivity index (χ3v) is 6.97. The highest BCUT2D eigenvalue weighted by atomic mass is 79.9. The lowest BCUT2D eigenvalue weighted by Gasteiger charge is -2.30. The van der Waals surface area contributed by atoms with E-state index in [1.54, 1.807) is 6.07 Å². The molecule has 0 saturated heterocycles. The number of phenolic OH excluding ortho intramolecular Hbond substituents is 1. The number of hydrogen-bond acceptors (Lipinski definition) is 4. The molecule has 0 bridgehead atoms. The minimum atomic E-state index is -1.52. The quantitative estimate of drug-likeness (QED) is 0.650. The predicted octanol–water partition coefficient (Wildman–Crippen LogP) is 4.26. The summed E-state index contributed by atoms with van der Waals surface area (Å²) in [6.07, 6.45) is 4.82. The third kappa shape index (κ3) is 2.63. The van der Waals surface area contributed by atoms with E-state index in [4.69, 9.17) is 4.74 Å². The molecule has 1 unspecified atom stereocenters. The van der Waals surface area contributed by atoms with Gasteiger partial charge in [0.25, 0.3) is 11.6 Å². The Morgan fingerprint density at radius 1 is 1.20 bits per heavy atom. The smallest absolute Gasteiger partial charge is 0.283 e. The Labute approximate surface area is 163 Å². The molecule has 1 N–H and O–H groups in total. The summed E-state index contributed by atoms with van der Waals surface area (Å²) in [6.45, 7) is 2.14. The third-order valence-electron chi connectivity index (χ3n) is 4.77. The number of hydrogen-bond donors (Lipinski definition) is 1. The Balaban J connectivity index is 2.01. The van der Waals surface area contributed by atoms with Gasteiger partial charge in [-0.2, -0.15) is 0 Å². The van der Waals surface area contributed by atoms with Crippen LogP contribution in [0.2, 0.25) is 0 Å². The number of rotatable bonds is 5. The van der Waals surface area contributed by atoms with Crippen LogP contribution in [0.3, 0.4) is 0 Å². The van der Waals surface area contributed by atoms with Crippen LogP contribution < -0.4 is 4.74 Å². The molecule has 5 nitrogen and oxygen atoms in total. The highest BCUT2D eigenvalue weighted by Crippen LogP contribution is 2.51. The molecular weight excluding hydrogens is 454 g/mol. The monoisotopic (exact) mass is 471 g/mol. The van der Waals surface area contributed by atoms with E-state index in [0.29, 0.717) is 27.8 Å². The van der Waals surface area contributed by atoms with Crippen molar-refractivity contribution in [3.8, 4) is 11.5 Å². The van der Waals surface area contributed by atoms with Crippen molar-refractivity contribution in [1.29, 1.82) is 0 Å². The molecule has 1 aromatic carbocycles. The number of fused-ring (bicyclic) bond motifs is 1. The summed E-state index contributed by atoms with van der Waals surface area (Å²) in [5.74, 6) is -0.150. The molecule has 7 heteroatoms. The van der Waals surface area contributed by atoms with E-state index < -0.39 is 5.72 Å². The molecule has 0 radical (unpaired) electrons. The highest BCUT2D eigenvalue weighted by molar-refractivity contribution is 9.14. The average molecular weight is 473 g/mol.